The second-order valence-electron chi connectivity index (χ2n) is 7.66. The van der Waals surface area contributed by atoms with Gasteiger partial charge in [0.2, 0.25) is 0 Å². The SMILES string of the molecule is Cc1cccc2sc(N(CC3CCCO3)C(=O)c3ccc(SC(C)C)cc3)nc12. The van der Waals surface area contributed by atoms with Gasteiger partial charge in [0.05, 0.1) is 22.9 Å². The van der Waals surface area contributed by atoms with E-state index in [0.29, 0.717) is 17.4 Å². The van der Waals surface area contributed by atoms with Crippen molar-refractivity contribution in [3.8, 4) is 0 Å². The molecule has 2 aromatic carbocycles. The topological polar surface area (TPSA) is 42.4 Å². The highest BCUT2D eigenvalue weighted by Crippen LogP contribution is 2.32. The number of carbonyl (C=O) groups is 1. The highest BCUT2D eigenvalue weighted by atomic mass is 32.2. The van der Waals surface area contributed by atoms with Crippen molar-refractivity contribution in [3.63, 3.8) is 0 Å². The van der Waals surface area contributed by atoms with Crippen LogP contribution < -0.4 is 4.90 Å². The summed E-state index contributed by atoms with van der Waals surface area (Å²) in [5.41, 5.74) is 2.79. The first-order chi connectivity index (χ1) is 14.0. The van der Waals surface area contributed by atoms with Gasteiger partial charge < -0.3 is 4.74 Å². The number of aryl methyl sites for hydroxylation is 1. The summed E-state index contributed by atoms with van der Waals surface area (Å²) in [6.45, 7) is 7.71. The molecule has 1 unspecified atom stereocenters. The van der Waals surface area contributed by atoms with E-state index in [1.807, 2.05) is 35.2 Å². The van der Waals surface area contributed by atoms with Crippen LogP contribution in [0, 0.1) is 6.92 Å². The molecule has 6 heteroatoms. The molecule has 0 bridgehead atoms. The van der Waals surface area contributed by atoms with Crippen LogP contribution in [0.25, 0.3) is 10.2 Å². The quantitative estimate of drug-likeness (QED) is 0.458. The van der Waals surface area contributed by atoms with Crippen molar-refractivity contribution < 1.29 is 9.53 Å². The summed E-state index contributed by atoms with van der Waals surface area (Å²) in [6.07, 6.45) is 2.10. The van der Waals surface area contributed by atoms with Crippen molar-refractivity contribution in [2.45, 2.75) is 49.9 Å². The first kappa shape index (κ1) is 20.4. The number of aromatic nitrogens is 1. The predicted molar refractivity (Wildman–Crippen MR) is 122 cm³/mol. The molecule has 0 N–H and O–H groups in total. The lowest BCUT2D eigenvalue weighted by molar-refractivity contribution is 0.0917. The molecule has 1 atom stereocenters. The number of ether oxygens (including phenoxy) is 1. The fourth-order valence-electron chi connectivity index (χ4n) is 3.53. The van der Waals surface area contributed by atoms with Crippen LogP contribution in [0.4, 0.5) is 5.13 Å². The summed E-state index contributed by atoms with van der Waals surface area (Å²) < 4.78 is 6.94. The van der Waals surface area contributed by atoms with Gasteiger partial charge >= 0.3 is 0 Å². The number of fused-ring (bicyclic) bond motifs is 1. The third kappa shape index (κ3) is 4.65. The van der Waals surface area contributed by atoms with Gasteiger partial charge in [-0.25, -0.2) is 4.98 Å². The van der Waals surface area contributed by atoms with Gasteiger partial charge in [-0.3, -0.25) is 9.69 Å². The molecule has 1 saturated heterocycles. The van der Waals surface area contributed by atoms with Crippen LogP contribution in [-0.4, -0.2) is 35.4 Å². The number of rotatable bonds is 6. The Labute approximate surface area is 180 Å². The molecule has 3 aromatic rings. The summed E-state index contributed by atoms with van der Waals surface area (Å²) in [6, 6.07) is 14.1. The monoisotopic (exact) mass is 426 g/mol. The largest absolute Gasteiger partial charge is 0.376 e. The smallest absolute Gasteiger partial charge is 0.260 e. The normalized spacial score (nSPS) is 16.6. The molecular weight excluding hydrogens is 400 g/mol. The van der Waals surface area contributed by atoms with E-state index in [4.69, 9.17) is 9.72 Å². The molecule has 29 heavy (non-hydrogen) atoms. The molecular formula is C23H26N2O2S2. The fourth-order valence-corrected chi connectivity index (χ4v) is 5.42. The van der Waals surface area contributed by atoms with E-state index in [-0.39, 0.29) is 12.0 Å². The summed E-state index contributed by atoms with van der Waals surface area (Å²) in [5.74, 6) is -0.0155. The lowest BCUT2D eigenvalue weighted by atomic mass is 10.2. The molecule has 0 aliphatic carbocycles. The molecule has 1 aliphatic heterocycles. The van der Waals surface area contributed by atoms with Gasteiger partial charge in [0.15, 0.2) is 5.13 Å². The third-order valence-electron chi connectivity index (χ3n) is 4.97. The minimum atomic E-state index is -0.0155. The molecule has 0 radical (unpaired) electrons. The number of para-hydroxylation sites is 1. The molecule has 4 rings (SSSR count). The Balaban J connectivity index is 1.65. The molecule has 2 heterocycles. The van der Waals surface area contributed by atoms with Gasteiger partial charge in [-0.2, -0.15) is 0 Å². The van der Waals surface area contributed by atoms with Crippen LogP contribution in [0.1, 0.15) is 42.6 Å². The van der Waals surface area contributed by atoms with Gasteiger partial charge in [0.1, 0.15) is 0 Å². The highest BCUT2D eigenvalue weighted by molar-refractivity contribution is 7.99. The summed E-state index contributed by atoms with van der Waals surface area (Å²) in [4.78, 5) is 21.3. The lowest BCUT2D eigenvalue weighted by Crippen LogP contribution is -2.37. The highest BCUT2D eigenvalue weighted by Gasteiger charge is 2.27. The van der Waals surface area contributed by atoms with E-state index >= 15 is 0 Å². The molecule has 152 valence electrons. The molecule has 1 amide bonds. The van der Waals surface area contributed by atoms with E-state index in [1.165, 1.54) is 4.90 Å². The molecule has 4 nitrogen and oxygen atoms in total. The molecule has 1 aliphatic rings. The maximum Gasteiger partial charge on any atom is 0.260 e. The lowest BCUT2D eigenvalue weighted by Gasteiger charge is -2.23. The number of hydrogen-bond donors (Lipinski definition) is 0. The Morgan fingerprint density at radius 1 is 1.28 bits per heavy atom. The van der Waals surface area contributed by atoms with Crippen molar-refractivity contribution in [2.24, 2.45) is 0 Å². The number of hydrogen-bond acceptors (Lipinski definition) is 5. The Kier molecular flexibility index (Phi) is 6.23. The Hall–Kier alpha value is -1.89. The maximum absolute atomic E-state index is 13.5. The fraction of sp³-hybridized carbons (Fsp3) is 0.391. The minimum absolute atomic E-state index is 0.0155. The van der Waals surface area contributed by atoms with Crippen molar-refractivity contribution in [2.75, 3.05) is 18.1 Å². The number of benzene rings is 2. The van der Waals surface area contributed by atoms with Crippen LogP contribution in [0.3, 0.4) is 0 Å². The number of amides is 1. The van der Waals surface area contributed by atoms with E-state index in [1.54, 1.807) is 23.1 Å². The average Bonchev–Trinajstić information content (AvgIpc) is 3.36. The minimum Gasteiger partial charge on any atom is -0.376 e. The maximum atomic E-state index is 13.5. The number of anilines is 1. The molecule has 0 spiro atoms. The second kappa shape index (κ2) is 8.86. The van der Waals surface area contributed by atoms with Crippen LogP contribution in [-0.2, 0) is 4.74 Å². The zero-order valence-corrected chi connectivity index (χ0v) is 18.7. The Morgan fingerprint density at radius 2 is 2.07 bits per heavy atom. The zero-order chi connectivity index (χ0) is 20.4. The predicted octanol–water partition coefficient (Wildman–Crippen LogP) is 5.93. The number of thiazole rings is 1. The van der Waals surface area contributed by atoms with Crippen LogP contribution in [0.2, 0.25) is 0 Å². The number of carbonyl (C=O) groups excluding carboxylic acids is 1. The van der Waals surface area contributed by atoms with E-state index in [0.717, 1.165) is 40.4 Å². The summed E-state index contributed by atoms with van der Waals surface area (Å²) in [7, 11) is 0. The Morgan fingerprint density at radius 3 is 2.72 bits per heavy atom. The molecule has 1 aromatic heterocycles. The van der Waals surface area contributed by atoms with Crippen molar-refractivity contribution in [1.82, 2.24) is 4.98 Å². The van der Waals surface area contributed by atoms with Crippen LogP contribution in [0.5, 0.6) is 0 Å². The zero-order valence-electron chi connectivity index (χ0n) is 17.1. The summed E-state index contributed by atoms with van der Waals surface area (Å²) >= 11 is 3.37. The van der Waals surface area contributed by atoms with Crippen molar-refractivity contribution >= 4 is 44.4 Å². The van der Waals surface area contributed by atoms with Crippen LogP contribution >= 0.6 is 23.1 Å². The van der Waals surface area contributed by atoms with Gasteiger partial charge in [-0.1, -0.05) is 37.3 Å². The first-order valence-electron chi connectivity index (χ1n) is 10.1. The standard InChI is InChI=1S/C23H26N2O2S2/c1-15(2)28-19-11-9-17(10-12-19)22(26)25(14-18-7-5-13-27-18)23-24-21-16(3)6-4-8-20(21)29-23/h4,6,8-12,15,18H,5,7,13-14H2,1-3H3. The van der Waals surface area contributed by atoms with Crippen LogP contribution in [0.15, 0.2) is 47.4 Å². The molecule has 0 saturated carbocycles. The average molecular weight is 427 g/mol. The van der Waals surface area contributed by atoms with E-state index < -0.39 is 0 Å². The second-order valence-corrected chi connectivity index (χ2v) is 10.3. The van der Waals surface area contributed by atoms with Gasteiger partial charge in [-0.05, 0) is 55.7 Å². The third-order valence-corrected chi connectivity index (χ3v) is 7.03. The number of thioether (sulfide) groups is 1. The first-order valence-corrected chi connectivity index (χ1v) is 11.8. The van der Waals surface area contributed by atoms with Crippen molar-refractivity contribution in [3.05, 3.63) is 53.6 Å². The van der Waals surface area contributed by atoms with Gasteiger partial charge in [-0.15, -0.1) is 11.8 Å². The molecule has 1 fully saturated rings. The van der Waals surface area contributed by atoms with E-state index in [2.05, 4.69) is 32.9 Å². The summed E-state index contributed by atoms with van der Waals surface area (Å²) in [5, 5.41) is 1.26. The van der Waals surface area contributed by atoms with Gasteiger partial charge in [0, 0.05) is 22.3 Å². The number of nitrogens with zero attached hydrogens (tertiary/aromatic N) is 2. The van der Waals surface area contributed by atoms with E-state index in [9.17, 15) is 4.79 Å². The Bertz CT molecular complexity index is 992. The van der Waals surface area contributed by atoms with Gasteiger partial charge in [0.25, 0.3) is 5.91 Å². The van der Waals surface area contributed by atoms with Crippen molar-refractivity contribution in [1.29, 1.82) is 0 Å².